The third kappa shape index (κ3) is 1.75. The Kier molecular flexibility index (Phi) is 3.03. The van der Waals surface area contributed by atoms with Crippen LogP contribution in [0.5, 0.6) is 0 Å². The Morgan fingerprint density at radius 2 is 2.35 bits per heavy atom. The van der Waals surface area contributed by atoms with Crippen LogP contribution < -0.4 is 10.8 Å². The summed E-state index contributed by atoms with van der Waals surface area (Å²) in [4.78, 5) is 35.6. The van der Waals surface area contributed by atoms with Gasteiger partial charge in [0.05, 0.1) is 6.33 Å². The Bertz CT molecular complexity index is 560. The average Bonchev–Trinajstić information content (AvgIpc) is 2.82. The van der Waals surface area contributed by atoms with Gasteiger partial charge in [-0.1, -0.05) is 6.92 Å². The molecule has 0 saturated carbocycles. The van der Waals surface area contributed by atoms with Crippen LogP contribution in [0.3, 0.4) is 0 Å². The number of H-pyrrole nitrogens is 1. The van der Waals surface area contributed by atoms with Gasteiger partial charge in [0.15, 0.2) is 11.8 Å². The number of hydrogen-bond acceptors (Lipinski definition) is 5. The number of nitrogens with zero attached hydrogens (tertiary/aromatic N) is 3. The topological polar surface area (TPSA) is 78.4 Å². The number of nitrogens with one attached hydrogen (secondary N) is 1. The number of carbonyl (C=O) groups excluding carboxylic acids is 2. The van der Waals surface area contributed by atoms with Crippen LogP contribution >= 0.6 is 0 Å². The van der Waals surface area contributed by atoms with E-state index < -0.39 is 5.78 Å². The van der Waals surface area contributed by atoms with E-state index >= 15 is 0 Å². The van der Waals surface area contributed by atoms with Crippen LogP contribution in [-0.4, -0.2) is 39.6 Å². The molecule has 1 aliphatic heterocycles. The fraction of sp³-hybridized carbons (Fsp3) is 0.455. The van der Waals surface area contributed by atoms with Crippen molar-refractivity contribution in [3.63, 3.8) is 0 Å². The number of fused-ring (bicyclic) bond motifs is 1. The maximum atomic E-state index is 11.7. The van der Waals surface area contributed by atoms with Crippen molar-refractivity contribution in [3.05, 3.63) is 17.2 Å². The zero-order valence-electron chi connectivity index (χ0n) is 9.80. The minimum absolute atomic E-state index is 0.130. The number of aromatic nitrogens is 2. The van der Waals surface area contributed by atoms with Crippen molar-refractivity contribution in [1.29, 1.82) is 0 Å². The van der Waals surface area contributed by atoms with Gasteiger partial charge in [-0.05, 0) is 13.3 Å². The highest BCUT2D eigenvalue weighted by Gasteiger charge is 2.27. The van der Waals surface area contributed by atoms with Crippen LogP contribution in [0, 0.1) is 0 Å². The van der Waals surface area contributed by atoms with Crippen molar-refractivity contribution in [2.45, 2.75) is 26.4 Å². The third-order valence-corrected chi connectivity index (χ3v) is 2.82. The monoisotopic (exact) mass is 234 g/mol. The average molecular weight is 234 g/mol. The van der Waals surface area contributed by atoms with Crippen molar-refractivity contribution < 1.29 is 9.59 Å². The zero-order valence-corrected chi connectivity index (χ0v) is 9.80. The smallest absolute Gasteiger partial charge is 0.243 e. The Morgan fingerprint density at radius 1 is 1.59 bits per heavy atom. The van der Waals surface area contributed by atoms with Gasteiger partial charge in [0.2, 0.25) is 5.78 Å². The fourth-order valence-corrected chi connectivity index (χ4v) is 2.06. The molecule has 6 nitrogen and oxygen atoms in total. The summed E-state index contributed by atoms with van der Waals surface area (Å²) in [6.07, 6.45) is 2.45. The van der Waals surface area contributed by atoms with E-state index in [-0.39, 0.29) is 6.17 Å². The molecule has 6 heteroatoms. The first-order valence-electron chi connectivity index (χ1n) is 5.60. The van der Waals surface area contributed by atoms with Gasteiger partial charge in [-0.3, -0.25) is 9.59 Å². The van der Waals surface area contributed by atoms with Crippen LogP contribution in [0.25, 0.3) is 5.70 Å². The number of aromatic amines is 1. The summed E-state index contributed by atoms with van der Waals surface area (Å²) in [7, 11) is 0. The summed E-state index contributed by atoms with van der Waals surface area (Å²) in [5.74, 6) is -0.536. The molecule has 1 aromatic rings. The first-order valence-corrected chi connectivity index (χ1v) is 5.60. The van der Waals surface area contributed by atoms with Crippen LogP contribution in [0.2, 0.25) is 0 Å². The first kappa shape index (κ1) is 11.5. The van der Waals surface area contributed by atoms with E-state index in [0.717, 1.165) is 6.42 Å². The third-order valence-electron chi connectivity index (χ3n) is 2.82. The lowest BCUT2D eigenvalue weighted by molar-refractivity contribution is -0.127. The molecule has 1 N–H and O–H groups in total. The quantitative estimate of drug-likeness (QED) is 0.534. The zero-order chi connectivity index (χ0) is 12.4. The number of ketones is 1. The van der Waals surface area contributed by atoms with Crippen molar-refractivity contribution in [2.24, 2.45) is 4.99 Å². The number of likely N-dealkylation sites (N-methyl/N-ethyl adjacent to an activating group) is 1. The number of imidazole rings is 1. The van der Waals surface area contributed by atoms with Crippen molar-refractivity contribution >= 4 is 17.8 Å². The van der Waals surface area contributed by atoms with Crippen LogP contribution in [0.15, 0.2) is 11.3 Å². The van der Waals surface area contributed by atoms with E-state index in [2.05, 4.69) is 15.0 Å². The maximum absolute atomic E-state index is 11.7. The molecular formula is C11H14N4O2. The molecule has 0 aliphatic carbocycles. The molecular weight excluding hydrogens is 220 g/mol. The van der Waals surface area contributed by atoms with Crippen LogP contribution in [0.4, 0.5) is 0 Å². The van der Waals surface area contributed by atoms with Gasteiger partial charge in [0.1, 0.15) is 17.2 Å². The lowest BCUT2D eigenvalue weighted by atomic mass is 10.2. The van der Waals surface area contributed by atoms with Gasteiger partial charge >= 0.3 is 0 Å². The molecule has 0 fully saturated rings. The minimum Gasteiger partial charge on any atom is -0.345 e. The molecule has 1 unspecified atom stereocenters. The predicted octanol–water partition coefficient (Wildman–Crippen LogP) is -1.02. The Morgan fingerprint density at radius 3 is 2.94 bits per heavy atom. The van der Waals surface area contributed by atoms with E-state index in [4.69, 9.17) is 0 Å². The van der Waals surface area contributed by atoms with Gasteiger partial charge < -0.3 is 9.88 Å². The Labute approximate surface area is 98.1 Å². The Balaban J connectivity index is 2.71. The lowest BCUT2D eigenvalue weighted by Crippen LogP contribution is -2.48. The van der Waals surface area contributed by atoms with E-state index in [1.807, 2.05) is 18.7 Å². The molecule has 0 saturated heterocycles. The van der Waals surface area contributed by atoms with E-state index in [9.17, 15) is 9.59 Å². The predicted molar refractivity (Wildman–Crippen MR) is 60.3 cm³/mol. The molecule has 1 aliphatic rings. The molecule has 0 spiro atoms. The summed E-state index contributed by atoms with van der Waals surface area (Å²) < 4.78 is 0. The summed E-state index contributed by atoms with van der Waals surface area (Å²) in [6, 6.07) is 0. The van der Waals surface area contributed by atoms with E-state index in [1.165, 1.54) is 6.33 Å². The fourth-order valence-electron chi connectivity index (χ4n) is 2.06. The molecule has 1 aromatic heterocycles. The lowest BCUT2D eigenvalue weighted by Gasteiger charge is -2.31. The summed E-state index contributed by atoms with van der Waals surface area (Å²) in [5, 5.41) is 0.536. The van der Waals surface area contributed by atoms with Crippen molar-refractivity contribution in [2.75, 3.05) is 6.54 Å². The van der Waals surface area contributed by atoms with Gasteiger partial charge in [-0.2, -0.15) is 0 Å². The molecule has 17 heavy (non-hydrogen) atoms. The second kappa shape index (κ2) is 4.48. The molecule has 0 amide bonds. The van der Waals surface area contributed by atoms with Gasteiger partial charge in [-0.15, -0.1) is 0 Å². The highest BCUT2D eigenvalue weighted by Crippen LogP contribution is 2.14. The maximum Gasteiger partial charge on any atom is 0.243 e. The largest absolute Gasteiger partial charge is 0.345 e. The summed E-state index contributed by atoms with van der Waals surface area (Å²) in [6.45, 7) is 4.53. The van der Waals surface area contributed by atoms with Gasteiger partial charge in [-0.25, -0.2) is 9.98 Å². The molecule has 2 rings (SSSR count). The number of carbonyl (C=O) groups is 2. The Hall–Kier alpha value is -1.98. The second-order valence-electron chi connectivity index (χ2n) is 3.74. The van der Waals surface area contributed by atoms with E-state index in [0.29, 0.717) is 29.4 Å². The van der Waals surface area contributed by atoms with Crippen molar-refractivity contribution in [1.82, 2.24) is 14.9 Å². The highest BCUT2D eigenvalue weighted by atomic mass is 16.2. The minimum atomic E-state index is -0.536. The van der Waals surface area contributed by atoms with E-state index in [1.54, 1.807) is 0 Å². The molecule has 0 radical (unpaired) electrons. The summed E-state index contributed by atoms with van der Waals surface area (Å²) in [5.41, 5.74) is 0.878. The molecule has 0 bridgehead atoms. The normalized spacial score (nSPS) is 18.6. The molecule has 1 atom stereocenters. The van der Waals surface area contributed by atoms with Crippen LogP contribution in [-0.2, 0) is 9.59 Å². The molecule has 0 aromatic carbocycles. The number of aldehydes is 1. The van der Waals surface area contributed by atoms with Crippen LogP contribution in [0.1, 0.15) is 20.3 Å². The SMILES string of the molecule is CCC1N=c2nc[nH]c2=C(C(=O)C=O)N1CC. The second-order valence-corrected chi connectivity index (χ2v) is 3.74. The summed E-state index contributed by atoms with van der Waals surface area (Å²) >= 11 is 0. The number of rotatable bonds is 4. The number of hydrogen-bond donors (Lipinski definition) is 1. The molecule has 90 valence electrons. The highest BCUT2D eigenvalue weighted by molar-refractivity contribution is 6.43. The number of Topliss-reactive ketones (excluding diaryl/α,β-unsaturated/α-hetero) is 1. The standard InChI is InChI=1S/C11H14N4O2/c1-3-8-14-11-9(12-6-13-11)10(7(17)5-16)15(8)4-2/h5-6,8H,3-4H2,1-2H3,(H,12,13,14). The van der Waals surface area contributed by atoms with Gasteiger partial charge in [0, 0.05) is 6.54 Å². The van der Waals surface area contributed by atoms with Gasteiger partial charge in [0.25, 0.3) is 0 Å². The molecule has 2 heterocycles. The first-order chi connectivity index (χ1) is 8.22. The van der Waals surface area contributed by atoms with Crippen molar-refractivity contribution in [3.8, 4) is 0 Å².